The number of benzene rings is 1. The lowest BCUT2D eigenvalue weighted by atomic mass is 10.0. The molecule has 0 unspecified atom stereocenters. The van der Waals surface area contributed by atoms with E-state index in [1.54, 1.807) is 6.07 Å². The second-order valence-electron chi connectivity index (χ2n) is 3.43. The van der Waals surface area contributed by atoms with Gasteiger partial charge in [0.1, 0.15) is 0 Å². The number of methoxy groups -OCH3 is 1. The van der Waals surface area contributed by atoms with Crippen molar-refractivity contribution in [3.63, 3.8) is 0 Å². The summed E-state index contributed by atoms with van der Waals surface area (Å²) in [6.07, 6.45) is 2.07. The number of ether oxygens (including phenoxy) is 1. The number of hydrogen-bond acceptors (Lipinski definition) is 3. The smallest absolute Gasteiger partial charge is 0.337 e. The van der Waals surface area contributed by atoms with E-state index in [4.69, 9.17) is 5.73 Å². The van der Waals surface area contributed by atoms with Gasteiger partial charge < -0.3 is 10.5 Å². The highest BCUT2D eigenvalue weighted by Crippen LogP contribution is 2.14. The molecule has 0 saturated carbocycles. The molecule has 0 fully saturated rings. The Morgan fingerprint density at radius 2 is 2.13 bits per heavy atom. The standard InChI is InChI=1S/C12H17NO2/c1-3-4-9-5-6-10(12(14)15-2)7-11(9)8-13/h5-7H,3-4,8,13H2,1-2H3. The van der Waals surface area contributed by atoms with Crippen LogP contribution in [0.3, 0.4) is 0 Å². The molecule has 0 bridgehead atoms. The van der Waals surface area contributed by atoms with Crippen molar-refractivity contribution in [3.05, 3.63) is 34.9 Å². The van der Waals surface area contributed by atoms with E-state index < -0.39 is 0 Å². The molecule has 1 aromatic carbocycles. The molecular formula is C12H17NO2. The zero-order chi connectivity index (χ0) is 11.3. The third-order valence-electron chi connectivity index (χ3n) is 2.37. The molecule has 0 atom stereocenters. The Morgan fingerprint density at radius 3 is 2.67 bits per heavy atom. The van der Waals surface area contributed by atoms with E-state index in [1.165, 1.54) is 12.7 Å². The predicted octanol–water partition coefficient (Wildman–Crippen LogP) is 1.88. The molecule has 0 aliphatic carbocycles. The molecule has 0 aromatic heterocycles. The normalized spacial score (nSPS) is 10.1. The molecule has 0 radical (unpaired) electrons. The molecule has 1 rings (SSSR count). The van der Waals surface area contributed by atoms with E-state index in [9.17, 15) is 4.79 Å². The maximum atomic E-state index is 11.3. The van der Waals surface area contributed by atoms with Crippen molar-refractivity contribution in [1.29, 1.82) is 0 Å². The minimum Gasteiger partial charge on any atom is -0.465 e. The Balaban J connectivity index is 3.01. The molecule has 2 N–H and O–H groups in total. The van der Waals surface area contributed by atoms with Gasteiger partial charge in [-0.1, -0.05) is 19.4 Å². The van der Waals surface area contributed by atoms with Crippen LogP contribution in [0.5, 0.6) is 0 Å². The maximum absolute atomic E-state index is 11.3. The largest absolute Gasteiger partial charge is 0.465 e. The lowest BCUT2D eigenvalue weighted by molar-refractivity contribution is 0.0600. The van der Waals surface area contributed by atoms with Gasteiger partial charge in [0.15, 0.2) is 0 Å². The first kappa shape index (κ1) is 11.7. The summed E-state index contributed by atoms with van der Waals surface area (Å²) in [6.45, 7) is 2.58. The van der Waals surface area contributed by atoms with Crippen LogP contribution in [0.2, 0.25) is 0 Å². The molecule has 0 spiro atoms. The van der Waals surface area contributed by atoms with Crippen LogP contribution in [-0.2, 0) is 17.7 Å². The van der Waals surface area contributed by atoms with Crippen molar-refractivity contribution in [2.24, 2.45) is 5.73 Å². The Hall–Kier alpha value is -1.35. The molecule has 0 aliphatic heterocycles. The fourth-order valence-electron chi connectivity index (χ4n) is 1.57. The number of hydrogen-bond donors (Lipinski definition) is 1. The molecule has 82 valence electrons. The Bertz CT molecular complexity index is 347. The number of nitrogens with two attached hydrogens (primary N) is 1. The van der Waals surface area contributed by atoms with Crippen molar-refractivity contribution < 1.29 is 9.53 Å². The van der Waals surface area contributed by atoms with Crippen molar-refractivity contribution in [1.82, 2.24) is 0 Å². The molecular weight excluding hydrogens is 190 g/mol. The van der Waals surface area contributed by atoms with Gasteiger partial charge in [-0.3, -0.25) is 0 Å². The molecule has 0 amide bonds. The number of aryl methyl sites for hydroxylation is 1. The summed E-state index contributed by atoms with van der Waals surface area (Å²) in [5.41, 5.74) is 8.45. The van der Waals surface area contributed by atoms with Crippen LogP contribution in [0.15, 0.2) is 18.2 Å². The van der Waals surface area contributed by atoms with Crippen LogP contribution >= 0.6 is 0 Å². The van der Waals surface area contributed by atoms with Gasteiger partial charge in [0.25, 0.3) is 0 Å². The molecule has 15 heavy (non-hydrogen) atoms. The van der Waals surface area contributed by atoms with Gasteiger partial charge in [0.05, 0.1) is 12.7 Å². The average molecular weight is 207 g/mol. The summed E-state index contributed by atoms with van der Waals surface area (Å²) < 4.78 is 4.66. The molecule has 0 aliphatic rings. The highest BCUT2D eigenvalue weighted by molar-refractivity contribution is 5.89. The van der Waals surface area contributed by atoms with Crippen LogP contribution < -0.4 is 5.73 Å². The quantitative estimate of drug-likeness (QED) is 0.767. The SMILES string of the molecule is CCCc1ccc(C(=O)OC)cc1CN. The van der Waals surface area contributed by atoms with Crippen LogP contribution in [0.4, 0.5) is 0 Å². The van der Waals surface area contributed by atoms with Gasteiger partial charge >= 0.3 is 5.97 Å². The Labute approximate surface area is 90.2 Å². The van der Waals surface area contributed by atoms with E-state index >= 15 is 0 Å². The monoisotopic (exact) mass is 207 g/mol. The van der Waals surface area contributed by atoms with Gasteiger partial charge in [-0.25, -0.2) is 4.79 Å². The molecule has 3 nitrogen and oxygen atoms in total. The summed E-state index contributed by atoms with van der Waals surface area (Å²) in [4.78, 5) is 11.3. The Morgan fingerprint density at radius 1 is 1.40 bits per heavy atom. The van der Waals surface area contributed by atoms with Crippen molar-refractivity contribution in [3.8, 4) is 0 Å². The topological polar surface area (TPSA) is 52.3 Å². The van der Waals surface area contributed by atoms with E-state index in [0.717, 1.165) is 18.4 Å². The fourth-order valence-corrected chi connectivity index (χ4v) is 1.57. The van der Waals surface area contributed by atoms with Crippen LogP contribution in [0.1, 0.15) is 34.8 Å². The van der Waals surface area contributed by atoms with Crippen LogP contribution in [-0.4, -0.2) is 13.1 Å². The maximum Gasteiger partial charge on any atom is 0.337 e. The highest BCUT2D eigenvalue weighted by Gasteiger charge is 2.08. The minimum absolute atomic E-state index is 0.312. The van der Waals surface area contributed by atoms with Crippen molar-refractivity contribution in [2.75, 3.05) is 7.11 Å². The highest BCUT2D eigenvalue weighted by atomic mass is 16.5. The van der Waals surface area contributed by atoms with E-state index in [2.05, 4.69) is 11.7 Å². The second-order valence-corrected chi connectivity index (χ2v) is 3.43. The summed E-state index contributed by atoms with van der Waals surface area (Å²) in [7, 11) is 1.38. The van der Waals surface area contributed by atoms with Crippen LogP contribution in [0, 0.1) is 0 Å². The van der Waals surface area contributed by atoms with E-state index in [-0.39, 0.29) is 5.97 Å². The lowest BCUT2D eigenvalue weighted by Crippen LogP contribution is -2.06. The summed E-state index contributed by atoms with van der Waals surface area (Å²) in [5.74, 6) is -0.312. The lowest BCUT2D eigenvalue weighted by Gasteiger charge is -2.08. The number of esters is 1. The predicted molar refractivity (Wildman–Crippen MR) is 59.7 cm³/mol. The number of carbonyl (C=O) groups is 1. The average Bonchev–Trinajstić information content (AvgIpc) is 2.29. The van der Waals surface area contributed by atoms with E-state index in [1.807, 2.05) is 12.1 Å². The number of carbonyl (C=O) groups excluding carboxylic acids is 1. The summed E-state index contributed by atoms with van der Waals surface area (Å²) in [5, 5.41) is 0. The van der Waals surface area contributed by atoms with Gasteiger partial charge in [-0.15, -0.1) is 0 Å². The minimum atomic E-state index is -0.312. The third kappa shape index (κ3) is 2.80. The zero-order valence-electron chi connectivity index (χ0n) is 9.25. The number of rotatable bonds is 4. The van der Waals surface area contributed by atoms with Crippen molar-refractivity contribution in [2.45, 2.75) is 26.3 Å². The summed E-state index contributed by atoms with van der Waals surface area (Å²) >= 11 is 0. The molecule has 1 aromatic rings. The first-order valence-corrected chi connectivity index (χ1v) is 5.13. The third-order valence-corrected chi connectivity index (χ3v) is 2.37. The first-order valence-electron chi connectivity index (χ1n) is 5.13. The van der Waals surface area contributed by atoms with Gasteiger partial charge in [0, 0.05) is 6.54 Å². The first-order chi connectivity index (χ1) is 7.22. The Kier molecular flexibility index (Phi) is 4.31. The molecule has 0 saturated heterocycles. The fraction of sp³-hybridized carbons (Fsp3) is 0.417. The zero-order valence-corrected chi connectivity index (χ0v) is 9.25. The van der Waals surface area contributed by atoms with Gasteiger partial charge in [-0.05, 0) is 29.7 Å². The van der Waals surface area contributed by atoms with Gasteiger partial charge in [-0.2, -0.15) is 0 Å². The summed E-state index contributed by atoms with van der Waals surface area (Å²) in [6, 6.07) is 5.56. The van der Waals surface area contributed by atoms with Gasteiger partial charge in [0.2, 0.25) is 0 Å². The molecule has 0 heterocycles. The van der Waals surface area contributed by atoms with Crippen molar-refractivity contribution >= 4 is 5.97 Å². The van der Waals surface area contributed by atoms with Crippen LogP contribution in [0.25, 0.3) is 0 Å². The second kappa shape index (κ2) is 5.51. The molecule has 3 heteroatoms. The van der Waals surface area contributed by atoms with E-state index in [0.29, 0.717) is 12.1 Å².